The fourth-order valence-corrected chi connectivity index (χ4v) is 2.75. The zero-order valence-electron chi connectivity index (χ0n) is 17.8. The van der Waals surface area contributed by atoms with Gasteiger partial charge in [0.1, 0.15) is 5.75 Å². The molecule has 0 saturated heterocycles. The summed E-state index contributed by atoms with van der Waals surface area (Å²) in [6.07, 6.45) is -1.51. The van der Waals surface area contributed by atoms with Crippen LogP contribution in [0.25, 0.3) is 0 Å². The van der Waals surface area contributed by atoms with E-state index in [9.17, 15) is 13.2 Å². The monoisotopic (exact) mass is 437 g/mol. The van der Waals surface area contributed by atoms with Crippen LogP contribution in [0.1, 0.15) is 24.0 Å². The predicted molar refractivity (Wildman–Crippen MR) is 116 cm³/mol. The third-order valence-electron chi connectivity index (χ3n) is 4.40. The number of nitrogens with one attached hydrogen (secondary N) is 2. The van der Waals surface area contributed by atoms with Gasteiger partial charge in [-0.3, -0.25) is 4.99 Å². The van der Waals surface area contributed by atoms with E-state index in [0.29, 0.717) is 12.5 Å². The van der Waals surface area contributed by atoms with Gasteiger partial charge in [0.2, 0.25) is 0 Å². The second kappa shape index (κ2) is 13.5. The molecule has 0 atom stereocenters. The van der Waals surface area contributed by atoms with Crippen molar-refractivity contribution in [3.8, 4) is 5.75 Å². The van der Waals surface area contributed by atoms with Crippen molar-refractivity contribution >= 4 is 5.96 Å². The first-order chi connectivity index (χ1) is 15.0. The molecule has 0 unspecified atom stereocenters. The molecule has 170 valence electrons. The first-order valence-electron chi connectivity index (χ1n) is 10.3. The van der Waals surface area contributed by atoms with Crippen LogP contribution in [0, 0.1) is 0 Å². The lowest BCUT2D eigenvalue weighted by Crippen LogP contribution is -2.37. The van der Waals surface area contributed by atoms with Crippen LogP contribution in [-0.2, 0) is 17.7 Å². The molecule has 0 radical (unpaired) electrons. The first-order valence-corrected chi connectivity index (χ1v) is 10.3. The molecule has 0 bridgehead atoms. The smallest absolute Gasteiger partial charge is 0.422 e. The van der Waals surface area contributed by atoms with Crippen LogP contribution in [0.2, 0.25) is 0 Å². The first kappa shape index (κ1) is 24.5. The standard InChI is InChI=1S/C23H30F3N3O2/c1-27-22(28-14-5-6-15-30-16-13-19-7-3-2-4-8-19)29-17-20-9-11-21(12-10-20)31-18-23(24,25)26/h2-4,7-12H,5-6,13-18H2,1H3,(H2,27,28,29). The van der Waals surface area contributed by atoms with Gasteiger partial charge in [-0.25, -0.2) is 0 Å². The predicted octanol–water partition coefficient (Wildman–Crippen LogP) is 4.33. The van der Waals surface area contributed by atoms with Crippen molar-refractivity contribution in [2.24, 2.45) is 4.99 Å². The number of halogens is 3. The zero-order chi connectivity index (χ0) is 22.4. The highest BCUT2D eigenvalue weighted by Crippen LogP contribution is 2.18. The quantitative estimate of drug-likeness (QED) is 0.295. The van der Waals surface area contributed by atoms with Gasteiger partial charge in [0, 0.05) is 26.7 Å². The molecule has 31 heavy (non-hydrogen) atoms. The van der Waals surface area contributed by atoms with E-state index in [1.54, 1.807) is 19.2 Å². The largest absolute Gasteiger partial charge is 0.484 e. The lowest BCUT2D eigenvalue weighted by atomic mass is 10.2. The number of aliphatic imine (C=N–C) groups is 1. The van der Waals surface area contributed by atoms with Crippen molar-refractivity contribution < 1.29 is 22.6 Å². The molecule has 0 heterocycles. The molecule has 8 heteroatoms. The van der Waals surface area contributed by atoms with E-state index in [4.69, 9.17) is 9.47 Å². The Balaban J connectivity index is 1.54. The minimum atomic E-state index is -4.34. The molecular weight excluding hydrogens is 407 g/mol. The lowest BCUT2D eigenvalue weighted by molar-refractivity contribution is -0.153. The molecule has 2 aromatic carbocycles. The molecule has 0 saturated carbocycles. The lowest BCUT2D eigenvalue weighted by Gasteiger charge is -2.13. The second-order valence-corrected chi connectivity index (χ2v) is 6.96. The number of alkyl halides is 3. The highest BCUT2D eigenvalue weighted by Gasteiger charge is 2.28. The number of hydrogen-bond acceptors (Lipinski definition) is 3. The van der Waals surface area contributed by atoms with E-state index in [0.717, 1.165) is 44.6 Å². The van der Waals surface area contributed by atoms with Crippen LogP contribution in [0.5, 0.6) is 5.75 Å². The average molecular weight is 438 g/mol. The van der Waals surface area contributed by atoms with Gasteiger partial charge in [-0.05, 0) is 42.5 Å². The maximum atomic E-state index is 12.2. The SMILES string of the molecule is CN=C(NCCCCOCCc1ccccc1)NCc1ccc(OCC(F)(F)F)cc1. The molecule has 0 amide bonds. The summed E-state index contributed by atoms with van der Waals surface area (Å²) >= 11 is 0. The van der Waals surface area contributed by atoms with Crippen LogP contribution < -0.4 is 15.4 Å². The van der Waals surface area contributed by atoms with Gasteiger partial charge in [0.25, 0.3) is 0 Å². The van der Waals surface area contributed by atoms with E-state index in [2.05, 4.69) is 27.8 Å². The normalized spacial score (nSPS) is 11.9. The Hall–Kier alpha value is -2.74. The highest BCUT2D eigenvalue weighted by atomic mass is 19.4. The Labute approximate surface area is 181 Å². The number of guanidine groups is 1. The molecular formula is C23H30F3N3O2. The van der Waals surface area contributed by atoms with E-state index in [1.165, 1.54) is 17.7 Å². The molecule has 0 fully saturated rings. The van der Waals surface area contributed by atoms with Crippen LogP contribution >= 0.6 is 0 Å². The molecule has 0 spiro atoms. The number of benzene rings is 2. The summed E-state index contributed by atoms with van der Waals surface area (Å²) in [7, 11) is 1.69. The van der Waals surface area contributed by atoms with E-state index >= 15 is 0 Å². The number of hydrogen-bond donors (Lipinski definition) is 2. The molecule has 0 aromatic heterocycles. The topological polar surface area (TPSA) is 54.9 Å². The molecule has 2 aromatic rings. The third kappa shape index (κ3) is 11.3. The van der Waals surface area contributed by atoms with E-state index < -0.39 is 12.8 Å². The van der Waals surface area contributed by atoms with Crippen molar-refractivity contribution in [2.45, 2.75) is 32.0 Å². The Bertz CT molecular complexity index is 766. The maximum absolute atomic E-state index is 12.2. The molecule has 2 rings (SSSR count). The Morgan fingerprint density at radius 2 is 1.65 bits per heavy atom. The minimum Gasteiger partial charge on any atom is -0.484 e. The van der Waals surface area contributed by atoms with Crippen molar-refractivity contribution in [3.05, 3.63) is 65.7 Å². The minimum absolute atomic E-state index is 0.189. The molecule has 0 aliphatic carbocycles. The molecule has 0 aliphatic heterocycles. The van der Waals surface area contributed by atoms with Crippen molar-refractivity contribution in [3.63, 3.8) is 0 Å². The van der Waals surface area contributed by atoms with Gasteiger partial charge in [-0.15, -0.1) is 0 Å². The number of nitrogens with zero attached hydrogens (tertiary/aromatic N) is 1. The van der Waals surface area contributed by atoms with Gasteiger partial charge in [-0.1, -0.05) is 42.5 Å². The van der Waals surface area contributed by atoms with Crippen molar-refractivity contribution in [1.82, 2.24) is 10.6 Å². The van der Waals surface area contributed by atoms with Crippen molar-refractivity contribution in [2.75, 3.05) is 33.4 Å². The van der Waals surface area contributed by atoms with Gasteiger partial charge < -0.3 is 20.1 Å². The Kier molecular flexibility index (Phi) is 10.7. The van der Waals surface area contributed by atoms with Crippen molar-refractivity contribution in [1.29, 1.82) is 0 Å². The number of unbranched alkanes of at least 4 members (excludes halogenated alkanes) is 1. The Morgan fingerprint density at radius 1 is 0.903 bits per heavy atom. The van der Waals surface area contributed by atoms with Crippen LogP contribution in [0.3, 0.4) is 0 Å². The van der Waals surface area contributed by atoms with Gasteiger partial charge in [-0.2, -0.15) is 13.2 Å². The fraction of sp³-hybridized carbons (Fsp3) is 0.435. The Morgan fingerprint density at radius 3 is 2.32 bits per heavy atom. The molecule has 2 N–H and O–H groups in total. The number of rotatable bonds is 12. The summed E-state index contributed by atoms with van der Waals surface area (Å²) in [4.78, 5) is 4.17. The van der Waals surface area contributed by atoms with Gasteiger partial charge in [0.15, 0.2) is 12.6 Å². The van der Waals surface area contributed by atoms with Crippen LogP contribution in [0.4, 0.5) is 13.2 Å². The average Bonchev–Trinajstić information content (AvgIpc) is 2.77. The summed E-state index contributed by atoms with van der Waals surface area (Å²) in [5.41, 5.74) is 2.19. The summed E-state index contributed by atoms with van der Waals surface area (Å²) in [6, 6.07) is 16.8. The zero-order valence-corrected chi connectivity index (χ0v) is 17.8. The summed E-state index contributed by atoms with van der Waals surface area (Å²) < 4.78 is 46.9. The van der Waals surface area contributed by atoms with Gasteiger partial charge >= 0.3 is 6.18 Å². The van der Waals surface area contributed by atoms with E-state index in [1.807, 2.05) is 18.2 Å². The maximum Gasteiger partial charge on any atom is 0.422 e. The van der Waals surface area contributed by atoms with E-state index in [-0.39, 0.29) is 5.75 Å². The molecule has 0 aliphatic rings. The summed E-state index contributed by atoms with van der Waals surface area (Å²) in [6.45, 7) is 1.43. The second-order valence-electron chi connectivity index (χ2n) is 6.96. The third-order valence-corrected chi connectivity index (χ3v) is 4.40. The molecule has 5 nitrogen and oxygen atoms in total. The fourth-order valence-electron chi connectivity index (χ4n) is 2.75. The number of ether oxygens (including phenoxy) is 2. The van der Waals surface area contributed by atoms with Crippen LogP contribution in [0.15, 0.2) is 59.6 Å². The van der Waals surface area contributed by atoms with Crippen LogP contribution in [-0.4, -0.2) is 45.5 Å². The summed E-state index contributed by atoms with van der Waals surface area (Å²) in [5, 5.41) is 6.42. The highest BCUT2D eigenvalue weighted by molar-refractivity contribution is 5.79. The van der Waals surface area contributed by atoms with Gasteiger partial charge in [0.05, 0.1) is 6.61 Å². The summed E-state index contributed by atoms with van der Waals surface area (Å²) in [5.74, 6) is 0.858.